The summed E-state index contributed by atoms with van der Waals surface area (Å²) in [4.78, 5) is 12.1. The summed E-state index contributed by atoms with van der Waals surface area (Å²) in [5.74, 6) is 0.706. The minimum absolute atomic E-state index is 0.140. The number of hydrogen-bond donors (Lipinski definition) is 3. The lowest BCUT2D eigenvalue weighted by atomic mass is 10.1. The number of nitrogens with zero attached hydrogens (tertiary/aromatic N) is 2. The van der Waals surface area contributed by atoms with E-state index in [1.807, 2.05) is 41.7 Å². The lowest BCUT2D eigenvalue weighted by molar-refractivity contribution is -0.660. The summed E-state index contributed by atoms with van der Waals surface area (Å²) in [6.45, 7) is 1.17. The molecular weight excluding hydrogens is 380 g/mol. The van der Waals surface area contributed by atoms with E-state index >= 15 is 0 Å². The maximum atomic E-state index is 12.1. The second-order valence-electron chi connectivity index (χ2n) is 6.74. The van der Waals surface area contributed by atoms with E-state index in [9.17, 15) is 9.90 Å². The highest BCUT2D eigenvalue weighted by Crippen LogP contribution is 2.25. The number of quaternary nitrogens is 1. The number of aliphatic hydroxyl groups is 1. The van der Waals surface area contributed by atoms with Gasteiger partial charge in [0.2, 0.25) is 11.8 Å². The second-order valence-corrected chi connectivity index (χ2v) is 7.18. The Balaban J connectivity index is 1.39. The number of benzene rings is 2. The molecule has 2 aromatic carbocycles. The molecule has 0 unspecified atom stereocenters. The summed E-state index contributed by atoms with van der Waals surface area (Å²) in [6, 6.07) is 14.3. The third kappa shape index (κ3) is 4.06. The number of nitrogens with one attached hydrogen (secondary N) is 1. The highest BCUT2D eigenvalue weighted by molar-refractivity contribution is 6.30. The first kappa shape index (κ1) is 18.6. The molecule has 1 fully saturated rings. The van der Waals surface area contributed by atoms with Crippen molar-refractivity contribution in [3.63, 3.8) is 0 Å². The average Bonchev–Trinajstić information content (AvgIpc) is 3.36. The topological polar surface area (TPSA) is 105 Å². The maximum Gasteiger partial charge on any atom is 0.281 e. The molecule has 144 valence electrons. The van der Waals surface area contributed by atoms with Crippen molar-refractivity contribution in [2.24, 2.45) is 0 Å². The molecule has 4 rings (SSSR count). The Morgan fingerprint density at radius 2 is 1.71 bits per heavy atom. The van der Waals surface area contributed by atoms with Crippen LogP contribution in [0.5, 0.6) is 0 Å². The third-order valence-electron chi connectivity index (χ3n) is 4.78. The molecule has 1 saturated heterocycles. The van der Waals surface area contributed by atoms with E-state index in [0.29, 0.717) is 29.8 Å². The zero-order valence-corrected chi connectivity index (χ0v) is 15.8. The van der Waals surface area contributed by atoms with E-state index < -0.39 is 12.1 Å². The Bertz CT molecular complexity index is 956. The number of hydrogen-bond acceptors (Lipinski definition) is 5. The second kappa shape index (κ2) is 8.10. The number of amides is 1. The molecular formula is C20H20ClN4O3+. The van der Waals surface area contributed by atoms with Gasteiger partial charge in [-0.25, -0.2) is 0 Å². The predicted octanol–water partition coefficient (Wildman–Crippen LogP) is 1.37. The van der Waals surface area contributed by atoms with Crippen LogP contribution in [0, 0.1) is 0 Å². The molecule has 2 atom stereocenters. The van der Waals surface area contributed by atoms with E-state index in [1.54, 1.807) is 12.1 Å². The van der Waals surface area contributed by atoms with E-state index in [-0.39, 0.29) is 5.91 Å². The van der Waals surface area contributed by atoms with Crippen molar-refractivity contribution in [3.05, 3.63) is 59.1 Å². The molecule has 8 heteroatoms. The Hall–Kier alpha value is -2.74. The number of nitrogens with two attached hydrogens (primary N) is 1. The zero-order valence-electron chi connectivity index (χ0n) is 15.0. The number of aromatic nitrogens is 2. The van der Waals surface area contributed by atoms with E-state index in [0.717, 1.165) is 23.2 Å². The Morgan fingerprint density at radius 3 is 2.29 bits per heavy atom. The van der Waals surface area contributed by atoms with Crippen LogP contribution in [0.2, 0.25) is 5.02 Å². The molecule has 0 aliphatic carbocycles. The molecule has 7 nitrogen and oxygen atoms in total. The molecule has 2 heterocycles. The van der Waals surface area contributed by atoms with Crippen molar-refractivity contribution in [1.82, 2.24) is 15.5 Å². The number of aliphatic hydroxyl groups excluding tert-OH is 1. The smallest absolute Gasteiger partial charge is 0.281 e. The van der Waals surface area contributed by atoms with Gasteiger partial charge in [-0.05, 0) is 42.0 Å². The lowest BCUT2D eigenvalue weighted by Gasteiger charge is -2.11. The van der Waals surface area contributed by atoms with Crippen molar-refractivity contribution in [1.29, 1.82) is 0 Å². The number of halogens is 1. The van der Waals surface area contributed by atoms with Crippen LogP contribution in [0.25, 0.3) is 22.9 Å². The Labute approximate surface area is 166 Å². The van der Waals surface area contributed by atoms with Crippen molar-refractivity contribution in [2.45, 2.75) is 25.1 Å². The standard InChI is InChI=1S/C20H19ClN4O3/c21-15-7-5-14(6-8-15)20-25-24-19(28-20)13-3-1-12(2-4-13)11-23-18(27)17-16(26)9-10-22-17/h1-8,16-17,22,26H,9-11H2,(H,23,27)/p+1/t16-,17-/m0/s1. The normalized spacial score (nSPS) is 18.9. The van der Waals surface area contributed by atoms with Crippen molar-refractivity contribution in [2.75, 3.05) is 6.54 Å². The minimum atomic E-state index is -0.574. The van der Waals surface area contributed by atoms with Crippen LogP contribution in [-0.2, 0) is 11.3 Å². The van der Waals surface area contributed by atoms with Crippen molar-refractivity contribution >= 4 is 17.5 Å². The van der Waals surface area contributed by atoms with Gasteiger partial charge >= 0.3 is 0 Å². The van der Waals surface area contributed by atoms with Gasteiger partial charge in [0.05, 0.1) is 6.54 Å². The Kier molecular flexibility index (Phi) is 5.38. The van der Waals surface area contributed by atoms with Crippen LogP contribution in [0.4, 0.5) is 0 Å². The van der Waals surface area contributed by atoms with E-state index in [1.165, 1.54) is 0 Å². The molecule has 1 aromatic heterocycles. The predicted molar refractivity (Wildman–Crippen MR) is 103 cm³/mol. The first-order valence-electron chi connectivity index (χ1n) is 9.08. The van der Waals surface area contributed by atoms with E-state index in [2.05, 4.69) is 15.5 Å². The van der Waals surface area contributed by atoms with Gasteiger partial charge in [-0.1, -0.05) is 23.7 Å². The highest BCUT2D eigenvalue weighted by Gasteiger charge is 2.35. The third-order valence-corrected chi connectivity index (χ3v) is 5.04. The highest BCUT2D eigenvalue weighted by atomic mass is 35.5. The summed E-state index contributed by atoms with van der Waals surface area (Å²) >= 11 is 5.90. The van der Waals surface area contributed by atoms with Crippen LogP contribution in [0.1, 0.15) is 12.0 Å². The van der Waals surface area contributed by atoms with Crippen LogP contribution in [-0.4, -0.2) is 39.9 Å². The summed E-state index contributed by atoms with van der Waals surface area (Å²) in [7, 11) is 0. The van der Waals surface area contributed by atoms with Crippen LogP contribution >= 0.6 is 11.6 Å². The molecule has 0 saturated carbocycles. The summed E-state index contributed by atoms with van der Waals surface area (Å²) in [6.07, 6.45) is 0.0735. The average molecular weight is 400 g/mol. The quantitative estimate of drug-likeness (QED) is 0.601. The molecule has 4 N–H and O–H groups in total. The Morgan fingerprint density at radius 1 is 1.11 bits per heavy atom. The van der Waals surface area contributed by atoms with E-state index in [4.69, 9.17) is 16.0 Å². The van der Waals surface area contributed by atoms with Gasteiger partial charge in [0.1, 0.15) is 6.10 Å². The van der Waals surface area contributed by atoms with Gasteiger partial charge in [0.15, 0.2) is 6.04 Å². The molecule has 1 aliphatic rings. The van der Waals surface area contributed by atoms with Crippen LogP contribution in [0.15, 0.2) is 52.9 Å². The van der Waals surface area contributed by atoms with Crippen molar-refractivity contribution in [3.8, 4) is 22.9 Å². The lowest BCUT2D eigenvalue weighted by Crippen LogP contribution is -2.90. The van der Waals surface area contributed by atoms with Gasteiger partial charge in [-0.15, -0.1) is 10.2 Å². The summed E-state index contributed by atoms with van der Waals surface area (Å²) in [5, 5.41) is 23.4. The fraction of sp³-hybridized carbons (Fsp3) is 0.250. The molecule has 0 bridgehead atoms. The van der Waals surface area contributed by atoms with Gasteiger partial charge in [-0.3, -0.25) is 4.79 Å². The largest absolute Gasteiger partial charge is 0.416 e. The fourth-order valence-corrected chi connectivity index (χ4v) is 3.31. The fourth-order valence-electron chi connectivity index (χ4n) is 3.19. The molecule has 0 radical (unpaired) electrons. The number of rotatable bonds is 5. The summed E-state index contributed by atoms with van der Waals surface area (Å²) < 4.78 is 5.75. The van der Waals surface area contributed by atoms with Gasteiger partial charge in [0, 0.05) is 29.1 Å². The first-order valence-corrected chi connectivity index (χ1v) is 9.46. The van der Waals surface area contributed by atoms with Gasteiger partial charge in [0.25, 0.3) is 5.91 Å². The van der Waals surface area contributed by atoms with Crippen LogP contribution in [0.3, 0.4) is 0 Å². The van der Waals surface area contributed by atoms with Gasteiger partial charge < -0.3 is 20.2 Å². The molecule has 1 amide bonds. The SMILES string of the molecule is O=C(NCc1ccc(-c2nnc(-c3ccc(Cl)cc3)o2)cc1)[C@H]1[NH2+]CC[C@@H]1O. The molecule has 28 heavy (non-hydrogen) atoms. The molecule has 0 spiro atoms. The monoisotopic (exact) mass is 399 g/mol. The van der Waals surface area contributed by atoms with Gasteiger partial charge in [-0.2, -0.15) is 0 Å². The zero-order chi connectivity index (χ0) is 19.5. The van der Waals surface area contributed by atoms with Crippen LogP contribution < -0.4 is 10.6 Å². The molecule has 1 aliphatic heterocycles. The maximum absolute atomic E-state index is 12.1. The minimum Gasteiger partial charge on any atom is -0.416 e. The van der Waals surface area contributed by atoms with Crippen molar-refractivity contribution < 1.29 is 19.6 Å². The number of carbonyl (C=O) groups is 1. The molecule has 3 aromatic rings. The number of carbonyl (C=O) groups excluding carboxylic acids is 1. The summed E-state index contributed by atoms with van der Waals surface area (Å²) in [5.41, 5.74) is 2.54. The first-order chi connectivity index (χ1) is 13.6.